The molecule has 0 aliphatic carbocycles. The Balaban J connectivity index is 3.17. The van der Waals surface area contributed by atoms with Gasteiger partial charge in [0.2, 0.25) is 5.91 Å². The highest BCUT2D eigenvalue weighted by Crippen LogP contribution is 2.05. The average Bonchev–Trinajstić information content (AvgIpc) is 2.41. The van der Waals surface area contributed by atoms with Crippen LogP contribution in [-0.2, 0) is 19.1 Å². The van der Waals surface area contributed by atoms with Gasteiger partial charge in [-0.05, 0) is 6.42 Å². The molecular formula is C15H29NO4. The van der Waals surface area contributed by atoms with Crippen molar-refractivity contribution in [1.82, 2.24) is 5.32 Å². The number of hydrogen-bond acceptors (Lipinski definition) is 4. The Bertz CT molecular complexity index is 256. The SMILES string of the molecule is CCCCCCCC(=O)COCCOCCNC(C)=O. The van der Waals surface area contributed by atoms with Crippen molar-refractivity contribution in [3.63, 3.8) is 0 Å². The molecule has 0 fully saturated rings. The predicted octanol–water partition coefficient (Wildman–Crippen LogP) is 2.09. The van der Waals surface area contributed by atoms with Gasteiger partial charge in [-0.2, -0.15) is 0 Å². The van der Waals surface area contributed by atoms with Gasteiger partial charge in [0, 0.05) is 19.9 Å². The number of nitrogens with one attached hydrogen (secondary N) is 1. The van der Waals surface area contributed by atoms with Gasteiger partial charge in [0.25, 0.3) is 0 Å². The summed E-state index contributed by atoms with van der Waals surface area (Å²) in [6, 6.07) is 0. The van der Waals surface area contributed by atoms with Crippen molar-refractivity contribution in [2.24, 2.45) is 0 Å². The first-order chi connectivity index (χ1) is 9.66. The minimum absolute atomic E-state index is 0.0608. The lowest BCUT2D eigenvalue weighted by Gasteiger charge is -2.06. The first kappa shape index (κ1) is 19.1. The van der Waals surface area contributed by atoms with Crippen LogP contribution in [0.3, 0.4) is 0 Å². The summed E-state index contributed by atoms with van der Waals surface area (Å²) in [5.74, 6) is 0.106. The Labute approximate surface area is 122 Å². The van der Waals surface area contributed by atoms with Gasteiger partial charge in [-0.3, -0.25) is 9.59 Å². The first-order valence-corrected chi connectivity index (χ1v) is 7.58. The Hall–Kier alpha value is -0.940. The van der Waals surface area contributed by atoms with Crippen LogP contribution in [0.25, 0.3) is 0 Å². The third-order valence-electron chi connectivity index (χ3n) is 2.81. The monoisotopic (exact) mass is 287 g/mol. The Morgan fingerprint density at radius 2 is 1.65 bits per heavy atom. The number of ether oxygens (including phenoxy) is 2. The molecule has 0 saturated heterocycles. The first-order valence-electron chi connectivity index (χ1n) is 7.58. The summed E-state index contributed by atoms with van der Waals surface area (Å²) >= 11 is 0. The summed E-state index contributed by atoms with van der Waals surface area (Å²) < 4.78 is 10.5. The molecule has 1 N–H and O–H groups in total. The molecule has 0 spiro atoms. The zero-order valence-electron chi connectivity index (χ0n) is 12.9. The van der Waals surface area contributed by atoms with Crippen LogP contribution < -0.4 is 5.32 Å². The van der Waals surface area contributed by atoms with E-state index in [2.05, 4.69) is 12.2 Å². The lowest BCUT2D eigenvalue weighted by atomic mass is 10.1. The zero-order chi connectivity index (χ0) is 15.1. The molecule has 0 aromatic carbocycles. The van der Waals surface area contributed by atoms with E-state index in [0.717, 1.165) is 12.8 Å². The van der Waals surface area contributed by atoms with E-state index in [1.807, 2.05) is 0 Å². The van der Waals surface area contributed by atoms with Crippen molar-refractivity contribution in [2.75, 3.05) is 33.0 Å². The van der Waals surface area contributed by atoms with Crippen LogP contribution in [0.5, 0.6) is 0 Å². The summed E-state index contributed by atoms with van der Waals surface area (Å²) in [7, 11) is 0. The van der Waals surface area contributed by atoms with Gasteiger partial charge in [-0.15, -0.1) is 0 Å². The van der Waals surface area contributed by atoms with Crippen molar-refractivity contribution < 1.29 is 19.1 Å². The Morgan fingerprint density at radius 3 is 2.35 bits per heavy atom. The zero-order valence-corrected chi connectivity index (χ0v) is 12.9. The van der Waals surface area contributed by atoms with Gasteiger partial charge in [0.15, 0.2) is 5.78 Å². The van der Waals surface area contributed by atoms with Gasteiger partial charge in [-0.25, -0.2) is 0 Å². The summed E-state index contributed by atoms with van der Waals surface area (Å²) in [5.41, 5.74) is 0. The van der Waals surface area contributed by atoms with Crippen molar-refractivity contribution in [2.45, 2.75) is 52.4 Å². The fourth-order valence-corrected chi connectivity index (χ4v) is 1.70. The molecule has 5 nitrogen and oxygen atoms in total. The van der Waals surface area contributed by atoms with Crippen molar-refractivity contribution in [3.05, 3.63) is 0 Å². The molecule has 118 valence electrons. The van der Waals surface area contributed by atoms with E-state index < -0.39 is 0 Å². The standard InChI is InChI=1S/C15H29NO4/c1-3-4-5-6-7-8-15(18)13-20-12-11-19-10-9-16-14(2)17/h3-13H2,1-2H3,(H,16,17). The smallest absolute Gasteiger partial charge is 0.216 e. The maximum Gasteiger partial charge on any atom is 0.216 e. The Kier molecular flexibility index (Phi) is 13.8. The number of carbonyl (C=O) groups is 2. The van der Waals surface area contributed by atoms with Crippen LogP contribution in [0.4, 0.5) is 0 Å². The van der Waals surface area contributed by atoms with Gasteiger partial charge in [0.1, 0.15) is 6.61 Å². The number of hydrogen-bond donors (Lipinski definition) is 1. The van der Waals surface area contributed by atoms with E-state index in [9.17, 15) is 9.59 Å². The van der Waals surface area contributed by atoms with Crippen molar-refractivity contribution in [3.8, 4) is 0 Å². The van der Waals surface area contributed by atoms with Crippen LogP contribution in [0.15, 0.2) is 0 Å². The molecule has 0 atom stereocenters. The van der Waals surface area contributed by atoms with Crippen molar-refractivity contribution >= 4 is 11.7 Å². The highest BCUT2D eigenvalue weighted by molar-refractivity contribution is 5.79. The second kappa shape index (κ2) is 14.5. The quantitative estimate of drug-likeness (QED) is 0.497. The third-order valence-corrected chi connectivity index (χ3v) is 2.81. The molecule has 5 heteroatoms. The number of carbonyl (C=O) groups excluding carboxylic acids is 2. The third kappa shape index (κ3) is 15.1. The van der Waals surface area contributed by atoms with Gasteiger partial charge >= 0.3 is 0 Å². The maximum atomic E-state index is 11.5. The van der Waals surface area contributed by atoms with Gasteiger partial charge in [-0.1, -0.05) is 32.6 Å². The number of rotatable bonds is 14. The fourth-order valence-electron chi connectivity index (χ4n) is 1.70. The number of unbranched alkanes of at least 4 members (excludes halogenated alkanes) is 4. The molecule has 0 radical (unpaired) electrons. The van der Waals surface area contributed by atoms with E-state index >= 15 is 0 Å². The molecule has 0 aliphatic heterocycles. The molecule has 20 heavy (non-hydrogen) atoms. The van der Waals surface area contributed by atoms with Gasteiger partial charge in [0.05, 0.1) is 19.8 Å². The summed E-state index contributed by atoms with van der Waals surface area (Å²) in [6.07, 6.45) is 6.40. The molecule has 0 aromatic rings. The molecule has 0 aromatic heterocycles. The average molecular weight is 287 g/mol. The van der Waals surface area contributed by atoms with E-state index in [0.29, 0.717) is 32.8 Å². The fraction of sp³-hybridized carbons (Fsp3) is 0.867. The number of Topliss-reactive ketones (excluding diaryl/α,β-unsaturated/α-hetero) is 1. The lowest BCUT2D eigenvalue weighted by Crippen LogP contribution is -2.25. The van der Waals surface area contributed by atoms with E-state index in [1.54, 1.807) is 0 Å². The van der Waals surface area contributed by atoms with E-state index in [4.69, 9.17) is 9.47 Å². The second-order valence-electron chi connectivity index (χ2n) is 4.85. The van der Waals surface area contributed by atoms with Gasteiger partial charge < -0.3 is 14.8 Å². The predicted molar refractivity (Wildman–Crippen MR) is 78.7 cm³/mol. The second-order valence-corrected chi connectivity index (χ2v) is 4.85. The van der Waals surface area contributed by atoms with Crippen molar-refractivity contribution in [1.29, 1.82) is 0 Å². The molecule has 0 saturated carbocycles. The molecule has 1 amide bonds. The summed E-state index contributed by atoms with van der Waals surface area (Å²) in [5, 5.41) is 2.63. The normalized spacial score (nSPS) is 10.5. The lowest BCUT2D eigenvalue weighted by molar-refractivity contribution is -0.124. The highest BCUT2D eigenvalue weighted by Gasteiger charge is 2.01. The largest absolute Gasteiger partial charge is 0.377 e. The van der Waals surface area contributed by atoms with E-state index in [-0.39, 0.29) is 18.3 Å². The van der Waals surface area contributed by atoms with Crippen LogP contribution >= 0.6 is 0 Å². The molecule has 0 rings (SSSR count). The van der Waals surface area contributed by atoms with E-state index in [1.165, 1.54) is 26.2 Å². The highest BCUT2D eigenvalue weighted by atomic mass is 16.5. The molecule has 0 unspecified atom stereocenters. The molecule has 0 heterocycles. The molecular weight excluding hydrogens is 258 g/mol. The number of amides is 1. The molecule has 0 aliphatic rings. The topological polar surface area (TPSA) is 64.6 Å². The van der Waals surface area contributed by atoms with Crippen LogP contribution in [0.2, 0.25) is 0 Å². The number of ketones is 1. The van der Waals surface area contributed by atoms with Crippen LogP contribution in [0, 0.1) is 0 Å². The summed E-state index contributed by atoms with van der Waals surface area (Å²) in [6.45, 7) is 5.67. The van der Waals surface area contributed by atoms with Crippen LogP contribution in [-0.4, -0.2) is 44.7 Å². The minimum Gasteiger partial charge on any atom is -0.377 e. The maximum absolute atomic E-state index is 11.5. The summed E-state index contributed by atoms with van der Waals surface area (Å²) in [4.78, 5) is 22.0. The minimum atomic E-state index is -0.0608. The Morgan fingerprint density at radius 1 is 0.950 bits per heavy atom. The van der Waals surface area contributed by atoms with Crippen LogP contribution in [0.1, 0.15) is 52.4 Å². The molecule has 0 bridgehead atoms.